The lowest BCUT2D eigenvalue weighted by Gasteiger charge is -2.37. The van der Waals surface area contributed by atoms with Gasteiger partial charge in [-0.25, -0.2) is 0 Å². The second kappa shape index (κ2) is 6.79. The fourth-order valence-electron chi connectivity index (χ4n) is 2.97. The topological polar surface area (TPSA) is 84.4 Å². The second-order valence-electron chi connectivity index (χ2n) is 6.66. The third-order valence-electron chi connectivity index (χ3n) is 4.41. The van der Waals surface area contributed by atoms with Crippen molar-refractivity contribution in [1.82, 2.24) is 14.7 Å². The van der Waals surface area contributed by atoms with Crippen LogP contribution in [-0.2, 0) is 13.0 Å². The molecule has 0 unspecified atom stereocenters. The molecule has 0 aliphatic carbocycles. The van der Waals surface area contributed by atoms with E-state index in [0.29, 0.717) is 37.4 Å². The second-order valence-corrected chi connectivity index (χ2v) is 6.66. The molecule has 1 aromatic heterocycles. The summed E-state index contributed by atoms with van der Waals surface area (Å²) < 4.78 is 1.94. The minimum absolute atomic E-state index is 0.0194. The number of aromatic nitrogens is 2. The first-order valence-electron chi connectivity index (χ1n) is 8.16. The molecule has 3 N–H and O–H groups in total. The van der Waals surface area contributed by atoms with E-state index in [2.05, 4.69) is 18.9 Å². The summed E-state index contributed by atoms with van der Waals surface area (Å²) >= 11 is 0. The molecule has 1 aliphatic heterocycles. The van der Waals surface area contributed by atoms with Gasteiger partial charge in [-0.15, -0.1) is 0 Å². The maximum atomic E-state index is 12.7. The van der Waals surface area contributed by atoms with Crippen LogP contribution in [0.2, 0.25) is 0 Å². The van der Waals surface area contributed by atoms with E-state index in [9.17, 15) is 9.90 Å². The van der Waals surface area contributed by atoms with Crippen LogP contribution in [0.15, 0.2) is 6.20 Å². The maximum absolute atomic E-state index is 12.7. The van der Waals surface area contributed by atoms with Crippen LogP contribution in [0.5, 0.6) is 0 Å². The van der Waals surface area contributed by atoms with Crippen LogP contribution in [0.25, 0.3) is 0 Å². The van der Waals surface area contributed by atoms with Gasteiger partial charge < -0.3 is 15.7 Å². The summed E-state index contributed by atoms with van der Waals surface area (Å²) in [5, 5.41) is 14.6. The zero-order chi connectivity index (χ0) is 16.3. The molecule has 1 saturated heterocycles. The van der Waals surface area contributed by atoms with Gasteiger partial charge in [-0.2, -0.15) is 5.10 Å². The molecule has 124 valence electrons. The number of amides is 1. The van der Waals surface area contributed by atoms with Gasteiger partial charge in [0.05, 0.1) is 23.1 Å². The fourth-order valence-corrected chi connectivity index (χ4v) is 2.97. The molecule has 22 heavy (non-hydrogen) atoms. The number of hydrogen-bond acceptors (Lipinski definition) is 4. The van der Waals surface area contributed by atoms with E-state index in [-0.39, 0.29) is 12.5 Å². The molecule has 6 nitrogen and oxygen atoms in total. The highest BCUT2D eigenvalue weighted by Gasteiger charge is 2.33. The number of carbonyl (C=O) groups is 1. The Morgan fingerprint density at radius 3 is 2.59 bits per heavy atom. The van der Waals surface area contributed by atoms with Crippen LogP contribution < -0.4 is 5.73 Å². The van der Waals surface area contributed by atoms with E-state index in [1.807, 2.05) is 11.6 Å². The maximum Gasteiger partial charge on any atom is 0.257 e. The van der Waals surface area contributed by atoms with E-state index >= 15 is 0 Å². The standard InChI is InChI=1S/C16H28N4O2/c1-4-14-13(9-18-20(14)10-12(2)3)15(21)19-7-5-16(22,11-17)6-8-19/h9,12,22H,4-8,10-11,17H2,1-3H3. The number of hydrogen-bond donors (Lipinski definition) is 2. The van der Waals surface area contributed by atoms with Gasteiger partial charge in [0.1, 0.15) is 0 Å². The lowest BCUT2D eigenvalue weighted by Crippen LogP contribution is -2.50. The molecular formula is C16H28N4O2. The average Bonchev–Trinajstić information content (AvgIpc) is 2.89. The molecule has 1 amide bonds. The zero-order valence-corrected chi connectivity index (χ0v) is 13.9. The third kappa shape index (κ3) is 3.50. The molecule has 0 bridgehead atoms. The number of nitrogens with two attached hydrogens (primary N) is 1. The predicted octanol–water partition coefficient (Wildman–Crippen LogP) is 1.03. The number of nitrogens with zero attached hydrogens (tertiary/aromatic N) is 3. The summed E-state index contributed by atoms with van der Waals surface area (Å²) in [7, 11) is 0. The zero-order valence-electron chi connectivity index (χ0n) is 13.9. The molecule has 1 aliphatic rings. The molecule has 0 aromatic carbocycles. The molecule has 2 rings (SSSR count). The van der Waals surface area contributed by atoms with Crippen molar-refractivity contribution in [3.63, 3.8) is 0 Å². The summed E-state index contributed by atoms with van der Waals surface area (Å²) in [5.41, 5.74) is 6.48. The molecule has 6 heteroatoms. The van der Waals surface area contributed by atoms with Gasteiger partial charge in [0.15, 0.2) is 0 Å². The van der Waals surface area contributed by atoms with E-state index in [0.717, 1.165) is 18.7 Å². The summed E-state index contributed by atoms with van der Waals surface area (Å²) in [6.45, 7) is 8.50. The Labute approximate surface area is 132 Å². The molecule has 0 saturated carbocycles. The molecule has 1 aromatic rings. The van der Waals surface area contributed by atoms with E-state index in [1.54, 1.807) is 11.1 Å². The molecule has 1 fully saturated rings. The van der Waals surface area contributed by atoms with E-state index in [4.69, 9.17) is 5.73 Å². The van der Waals surface area contributed by atoms with Crippen LogP contribution in [0.3, 0.4) is 0 Å². The highest BCUT2D eigenvalue weighted by atomic mass is 16.3. The molecular weight excluding hydrogens is 280 g/mol. The van der Waals surface area contributed by atoms with Gasteiger partial charge in [-0.05, 0) is 25.2 Å². The lowest BCUT2D eigenvalue weighted by molar-refractivity contribution is -0.00954. The molecule has 0 radical (unpaired) electrons. The lowest BCUT2D eigenvalue weighted by atomic mass is 9.91. The van der Waals surface area contributed by atoms with E-state index in [1.165, 1.54) is 0 Å². The molecule has 2 heterocycles. The highest BCUT2D eigenvalue weighted by Crippen LogP contribution is 2.23. The van der Waals surface area contributed by atoms with Crippen molar-refractivity contribution in [2.75, 3.05) is 19.6 Å². The van der Waals surface area contributed by atoms with Gasteiger partial charge in [0.2, 0.25) is 0 Å². The highest BCUT2D eigenvalue weighted by molar-refractivity contribution is 5.95. The van der Waals surface area contributed by atoms with Gasteiger partial charge in [0.25, 0.3) is 5.91 Å². The van der Waals surface area contributed by atoms with E-state index < -0.39 is 5.60 Å². The number of piperidine rings is 1. The quantitative estimate of drug-likeness (QED) is 0.851. The SMILES string of the molecule is CCc1c(C(=O)N2CCC(O)(CN)CC2)cnn1CC(C)C. The monoisotopic (exact) mass is 308 g/mol. The van der Waals surface area contributed by atoms with Gasteiger partial charge in [0, 0.05) is 26.2 Å². The average molecular weight is 308 g/mol. The normalized spacial score (nSPS) is 18.0. The summed E-state index contributed by atoms with van der Waals surface area (Å²) in [6.07, 6.45) is 3.55. The van der Waals surface area contributed by atoms with Crippen molar-refractivity contribution in [3.8, 4) is 0 Å². The Balaban J connectivity index is 2.12. The fraction of sp³-hybridized carbons (Fsp3) is 0.750. The van der Waals surface area contributed by atoms with Gasteiger partial charge in [-0.1, -0.05) is 20.8 Å². The Morgan fingerprint density at radius 2 is 2.09 bits per heavy atom. The van der Waals surface area contributed by atoms with Crippen molar-refractivity contribution in [2.24, 2.45) is 11.7 Å². The summed E-state index contributed by atoms with van der Waals surface area (Å²) in [5.74, 6) is 0.508. The van der Waals surface area contributed by atoms with Crippen LogP contribution in [0.1, 0.15) is 49.7 Å². The van der Waals surface area contributed by atoms with Gasteiger partial charge >= 0.3 is 0 Å². The first-order valence-corrected chi connectivity index (χ1v) is 8.16. The van der Waals surface area contributed by atoms with Crippen LogP contribution in [-0.4, -0.2) is 50.9 Å². The summed E-state index contributed by atoms with van der Waals surface area (Å²) in [6, 6.07) is 0. The first-order chi connectivity index (χ1) is 10.4. The number of carbonyl (C=O) groups excluding carboxylic acids is 1. The molecule has 0 spiro atoms. The van der Waals surface area contributed by atoms with Crippen LogP contribution >= 0.6 is 0 Å². The Hall–Kier alpha value is -1.40. The number of likely N-dealkylation sites (tertiary alicyclic amines) is 1. The minimum Gasteiger partial charge on any atom is -0.388 e. The first kappa shape index (κ1) is 17.0. The van der Waals surface area contributed by atoms with Crippen molar-refractivity contribution in [1.29, 1.82) is 0 Å². The van der Waals surface area contributed by atoms with Crippen molar-refractivity contribution in [3.05, 3.63) is 17.5 Å². The Morgan fingerprint density at radius 1 is 1.45 bits per heavy atom. The van der Waals surface area contributed by atoms with Gasteiger partial charge in [-0.3, -0.25) is 9.48 Å². The van der Waals surface area contributed by atoms with Crippen molar-refractivity contribution < 1.29 is 9.90 Å². The number of rotatable bonds is 5. The largest absolute Gasteiger partial charge is 0.388 e. The predicted molar refractivity (Wildman–Crippen MR) is 85.6 cm³/mol. The Bertz CT molecular complexity index is 516. The minimum atomic E-state index is -0.813. The smallest absolute Gasteiger partial charge is 0.257 e. The van der Waals surface area contributed by atoms with Crippen molar-refractivity contribution in [2.45, 2.75) is 52.2 Å². The van der Waals surface area contributed by atoms with Crippen LogP contribution in [0, 0.1) is 5.92 Å². The summed E-state index contributed by atoms with van der Waals surface area (Å²) in [4.78, 5) is 14.5. The third-order valence-corrected chi connectivity index (χ3v) is 4.41. The van der Waals surface area contributed by atoms with Crippen molar-refractivity contribution >= 4 is 5.91 Å². The Kier molecular flexibility index (Phi) is 5.24. The van der Waals surface area contributed by atoms with Crippen LogP contribution in [0.4, 0.5) is 0 Å². The molecule has 0 atom stereocenters. The number of aliphatic hydroxyl groups is 1.